The Kier molecular flexibility index (Phi) is 10.9. The van der Waals surface area contributed by atoms with E-state index in [0.29, 0.717) is 19.5 Å². The zero-order valence-corrected chi connectivity index (χ0v) is 30.9. The molecule has 6 rings (SSSR count). The summed E-state index contributed by atoms with van der Waals surface area (Å²) in [7, 11) is -8.69. The molecule has 0 radical (unpaired) electrons. The summed E-state index contributed by atoms with van der Waals surface area (Å²) in [6.07, 6.45) is 24.4. The zero-order valence-electron chi connectivity index (χ0n) is 25.7. The van der Waals surface area contributed by atoms with E-state index in [4.69, 9.17) is 0 Å². The summed E-state index contributed by atoms with van der Waals surface area (Å²) < 4.78 is 71.9. The second kappa shape index (κ2) is 14.2. The molecule has 1 aliphatic heterocycles. The first-order chi connectivity index (χ1) is 21.5. The molecule has 0 N–H and O–H groups in total. The third kappa shape index (κ3) is 7.20. The fourth-order valence-electron chi connectivity index (χ4n) is 6.49. The van der Waals surface area contributed by atoms with Crippen molar-refractivity contribution in [2.45, 2.75) is 38.3 Å². The number of allylic oxidation sites excluding steroid dienone is 9. The molecule has 0 saturated carbocycles. The summed E-state index contributed by atoms with van der Waals surface area (Å²) in [6, 6.07) is 7.93. The molecule has 2 unspecified atom stereocenters. The van der Waals surface area contributed by atoms with E-state index in [-0.39, 0.29) is 48.3 Å². The fraction of sp³-hybridized carbons (Fsp3) is 0.303. The first-order valence-corrected chi connectivity index (χ1v) is 19.6. The van der Waals surface area contributed by atoms with Crippen molar-refractivity contribution < 1.29 is 60.1 Å². The Labute approximate surface area is 301 Å². The van der Waals surface area contributed by atoms with Crippen molar-refractivity contribution in [3.63, 3.8) is 0 Å². The maximum Gasteiger partial charge on any atom is 1.00 e. The molecular formula is C33H33N2NaO6S4. The Hall–Kier alpha value is -2.00. The summed E-state index contributed by atoms with van der Waals surface area (Å²) in [4.78, 5) is 3.43. The molecule has 1 spiro atoms. The molecular weight excluding hydrogens is 672 g/mol. The van der Waals surface area contributed by atoms with Gasteiger partial charge in [0.2, 0.25) is 5.52 Å². The van der Waals surface area contributed by atoms with Gasteiger partial charge in [0.25, 0.3) is 5.01 Å². The van der Waals surface area contributed by atoms with Crippen LogP contribution >= 0.6 is 23.1 Å². The van der Waals surface area contributed by atoms with E-state index in [0.717, 1.165) is 36.3 Å². The van der Waals surface area contributed by atoms with Crippen LogP contribution in [0.2, 0.25) is 0 Å². The van der Waals surface area contributed by atoms with Crippen LogP contribution in [0.5, 0.6) is 0 Å². The van der Waals surface area contributed by atoms with Crippen LogP contribution in [0.15, 0.2) is 112 Å². The molecule has 8 nitrogen and oxygen atoms in total. The average Bonchev–Trinajstić information content (AvgIpc) is 3.50. The minimum Gasteiger partial charge on any atom is -0.748 e. The van der Waals surface area contributed by atoms with Crippen LogP contribution < -0.4 is 34.1 Å². The van der Waals surface area contributed by atoms with Gasteiger partial charge in [-0.25, -0.2) is 16.8 Å². The number of rotatable bonds is 11. The van der Waals surface area contributed by atoms with Gasteiger partial charge in [-0.1, -0.05) is 90.8 Å². The molecule has 0 amide bonds. The van der Waals surface area contributed by atoms with Gasteiger partial charge in [0.05, 0.1) is 25.3 Å². The van der Waals surface area contributed by atoms with Gasteiger partial charge in [0.1, 0.15) is 10.2 Å². The molecule has 4 aliphatic rings. The van der Waals surface area contributed by atoms with Gasteiger partial charge in [-0.05, 0) is 47.8 Å². The third-order valence-electron chi connectivity index (χ3n) is 8.43. The second-order valence-corrected chi connectivity index (χ2v) is 16.4. The number of aryl methyl sites for hydroxylation is 1. The Morgan fingerprint density at radius 3 is 2.52 bits per heavy atom. The Balaban J connectivity index is 0.00000417. The minimum absolute atomic E-state index is 0. The average molecular weight is 705 g/mol. The van der Waals surface area contributed by atoms with Crippen molar-refractivity contribution in [3.05, 3.63) is 117 Å². The van der Waals surface area contributed by atoms with Crippen molar-refractivity contribution >= 4 is 59.6 Å². The SMILES string of the molecule is CCC(=Cc1sc2ccccc2[n+]1CCCS(=O)(=O)[O-])C=C1SC2=CC=CC3=CC=C4C=CC=CC4C32N1CCCS(=O)(=O)[O-].[Na+]. The number of nitrogens with zero attached hydrogens (tertiary/aromatic N) is 2. The van der Waals surface area contributed by atoms with Crippen LogP contribution in [0.1, 0.15) is 31.2 Å². The predicted molar refractivity (Wildman–Crippen MR) is 179 cm³/mol. The van der Waals surface area contributed by atoms with Crippen LogP contribution in [0.3, 0.4) is 0 Å². The van der Waals surface area contributed by atoms with E-state index >= 15 is 0 Å². The number of aromatic nitrogens is 1. The van der Waals surface area contributed by atoms with Crippen molar-refractivity contribution in [2.24, 2.45) is 5.92 Å². The molecule has 0 bridgehead atoms. The quantitative estimate of drug-likeness (QED) is 0.199. The summed E-state index contributed by atoms with van der Waals surface area (Å²) >= 11 is 3.28. The van der Waals surface area contributed by atoms with Crippen LogP contribution in [0.4, 0.5) is 0 Å². The Morgan fingerprint density at radius 1 is 1.00 bits per heavy atom. The first kappa shape index (κ1) is 35.3. The molecule has 1 aromatic carbocycles. The molecule has 1 saturated heterocycles. The maximum atomic E-state index is 11.6. The van der Waals surface area contributed by atoms with Gasteiger partial charge in [0, 0.05) is 47.4 Å². The van der Waals surface area contributed by atoms with E-state index in [2.05, 4.69) is 77.2 Å². The van der Waals surface area contributed by atoms with Crippen molar-refractivity contribution in [1.29, 1.82) is 0 Å². The number of thioether (sulfide) groups is 1. The fourth-order valence-corrected chi connectivity index (χ4v) is 10.1. The molecule has 2 heterocycles. The van der Waals surface area contributed by atoms with E-state index in [1.807, 2.05) is 30.3 Å². The molecule has 3 aliphatic carbocycles. The monoisotopic (exact) mass is 704 g/mol. The van der Waals surface area contributed by atoms with Gasteiger partial charge in [-0.3, -0.25) is 0 Å². The largest absolute Gasteiger partial charge is 1.00 e. The molecule has 1 fully saturated rings. The predicted octanol–water partition coefficient (Wildman–Crippen LogP) is 2.55. The number of hydrogen-bond acceptors (Lipinski definition) is 9. The van der Waals surface area contributed by atoms with Crippen LogP contribution in [-0.2, 0) is 26.8 Å². The van der Waals surface area contributed by atoms with Gasteiger partial charge in [-0.15, -0.1) is 0 Å². The summed E-state index contributed by atoms with van der Waals surface area (Å²) in [5.74, 6) is -0.853. The van der Waals surface area contributed by atoms with Crippen LogP contribution in [0.25, 0.3) is 16.3 Å². The molecule has 236 valence electrons. The summed E-state index contributed by atoms with van der Waals surface area (Å²) in [6.45, 7) is 2.85. The minimum atomic E-state index is -4.37. The second-order valence-electron chi connectivity index (χ2n) is 11.3. The molecule has 1 aromatic heterocycles. The van der Waals surface area contributed by atoms with Crippen LogP contribution in [-0.4, -0.2) is 54.4 Å². The number of hydrogen-bond donors (Lipinski definition) is 0. The zero-order chi connectivity index (χ0) is 31.8. The third-order valence-corrected chi connectivity index (χ3v) is 12.3. The Morgan fingerprint density at radius 2 is 1.76 bits per heavy atom. The van der Waals surface area contributed by atoms with Gasteiger partial charge in [-0.2, -0.15) is 4.57 Å². The van der Waals surface area contributed by atoms with E-state index in [1.165, 1.54) is 5.57 Å². The number of para-hydroxylation sites is 1. The standard InChI is InChI=1S/C33H34N2O6S4.Na/c1-2-24(22-31-34(18-8-20-44(36,37)38)28-13-5-6-14-29(28)42-31)23-32-35(19-9-21-45(39,40)41)33-26(11-7-15-30(33)43-32)17-16-25-10-3-4-12-27(25)33;/h3-7,10-17,22-23,27H,2,8-9,18-21H2,1H3,(H-,36,37,38,39,40,41);/q;+1/p-1. The summed E-state index contributed by atoms with van der Waals surface area (Å²) in [5, 5.41) is 1.92. The topological polar surface area (TPSA) is 122 Å². The first-order valence-electron chi connectivity index (χ1n) is 14.8. The number of benzene rings is 1. The maximum absolute atomic E-state index is 11.6. The molecule has 2 aromatic rings. The molecule has 46 heavy (non-hydrogen) atoms. The van der Waals surface area contributed by atoms with Crippen molar-refractivity contribution in [2.75, 3.05) is 18.1 Å². The van der Waals surface area contributed by atoms with Crippen LogP contribution in [0, 0.1) is 5.92 Å². The normalized spacial score (nSPS) is 23.1. The van der Waals surface area contributed by atoms with E-state index in [1.54, 1.807) is 23.1 Å². The van der Waals surface area contributed by atoms with E-state index in [9.17, 15) is 25.9 Å². The van der Waals surface area contributed by atoms with Crippen molar-refractivity contribution in [1.82, 2.24) is 4.90 Å². The smallest absolute Gasteiger partial charge is 0.748 e. The number of thiazole rings is 1. The van der Waals surface area contributed by atoms with Gasteiger partial charge < -0.3 is 14.0 Å². The number of fused-ring (bicyclic) bond motifs is 2. The van der Waals surface area contributed by atoms with Gasteiger partial charge in [0.15, 0.2) is 6.54 Å². The van der Waals surface area contributed by atoms with Gasteiger partial charge >= 0.3 is 29.6 Å². The van der Waals surface area contributed by atoms with E-state index < -0.39 is 37.3 Å². The molecule has 2 atom stereocenters. The molecule has 13 heteroatoms. The van der Waals surface area contributed by atoms with Crippen molar-refractivity contribution in [3.8, 4) is 0 Å². The summed E-state index contributed by atoms with van der Waals surface area (Å²) in [5.41, 5.74) is 3.75. The Bertz CT molecular complexity index is 2000.